The van der Waals surface area contributed by atoms with Crippen LogP contribution in [0.15, 0.2) is 18.2 Å². The van der Waals surface area contributed by atoms with Crippen molar-refractivity contribution in [2.75, 3.05) is 36.8 Å². The lowest BCUT2D eigenvalue weighted by atomic mass is 10.2. The molecule has 0 aromatic heterocycles. The van der Waals surface area contributed by atoms with Crippen LogP contribution in [0.1, 0.15) is 12.0 Å². The third kappa shape index (κ3) is 3.19. The average molecular weight is 283 g/mol. The fourth-order valence-electron chi connectivity index (χ4n) is 2.30. The number of hydrogen-bond acceptors (Lipinski definition) is 4. The Morgan fingerprint density at radius 1 is 1.37 bits per heavy atom. The van der Waals surface area contributed by atoms with E-state index in [1.807, 2.05) is 44.1 Å². The summed E-state index contributed by atoms with van der Waals surface area (Å²) in [6, 6.07) is 5.61. The Morgan fingerprint density at radius 3 is 2.68 bits per heavy atom. The van der Waals surface area contributed by atoms with E-state index in [-0.39, 0.29) is 5.25 Å². The normalized spacial score (nSPS) is 19.4. The predicted molar refractivity (Wildman–Crippen MR) is 79.3 cm³/mol. The van der Waals surface area contributed by atoms with E-state index in [2.05, 4.69) is 10.0 Å². The second kappa shape index (κ2) is 5.38. The van der Waals surface area contributed by atoms with Crippen molar-refractivity contribution >= 4 is 21.4 Å². The Hall–Kier alpha value is -1.27. The minimum absolute atomic E-state index is 0.336. The molecule has 1 aromatic carbocycles. The molecular formula is C13H21N3O2S. The van der Waals surface area contributed by atoms with E-state index in [0.717, 1.165) is 17.8 Å². The predicted octanol–water partition coefficient (Wildman–Crippen LogP) is 1.16. The first-order valence-corrected chi connectivity index (χ1v) is 7.95. The molecule has 0 radical (unpaired) electrons. The molecule has 106 valence electrons. The van der Waals surface area contributed by atoms with Gasteiger partial charge in [-0.1, -0.05) is 6.07 Å². The van der Waals surface area contributed by atoms with Gasteiger partial charge in [-0.2, -0.15) is 0 Å². The van der Waals surface area contributed by atoms with Gasteiger partial charge in [-0.15, -0.1) is 0 Å². The monoisotopic (exact) mass is 283 g/mol. The fourth-order valence-corrected chi connectivity index (χ4v) is 3.68. The summed E-state index contributed by atoms with van der Waals surface area (Å²) in [5.41, 5.74) is 2.77. The first-order chi connectivity index (χ1) is 8.90. The van der Waals surface area contributed by atoms with E-state index in [1.165, 1.54) is 0 Å². The van der Waals surface area contributed by atoms with Gasteiger partial charge in [-0.3, -0.25) is 4.72 Å². The number of nitrogens with one attached hydrogen (secondary N) is 2. The molecule has 1 atom stereocenters. The van der Waals surface area contributed by atoms with E-state index in [1.54, 1.807) is 0 Å². The van der Waals surface area contributed by atoms with Gasteiger partial charge in [-0.25, -0.2) is 8.42 Å². The highest BCUT2D eigenvalue weighted by Gasteiger charge is 2.28. The van der Waals surface area contributed by atoms with Crippen molar-refractivity contribution in [2.45, 2.75) is 18.6 Å². The van der Waals surface area contributed by atoms with Gasteiger partial charge < -0.3 is 10.2 Å². The Labute approximate surface area is 115 Å². The van der Waals surface area contributed by atoms with Crippen LogP contribution < -0.4 is 14.9 Å². The first-order valence-electron chi connectivity index (χ1n) is 6.40. The zero-order valence-corrected chi connectivity index (χ0v) is 12.4. The molecule has 1 aromatic rings. The molecule has 1 aliphatic heterocycles. The van der Waals surface area contributed by atoms with Crippen molar-refractivity contribution < 1.29 is 8.42 Å². The zero-order valence-electron chi connectivity index (χ0n) is 11.6. The van der Waals surface area contributed by atoms with E-state index in [4.69, 9.17) is 0 Å². The maximum Gasteiger partial charge on any atom is 0.236 e. The van der Waals surface area contributed by atoms with Crippen LogP contribution in [0.2, 0.25) is 0 Å². The van der Waals surface area contributed by atoms with Crippen LogP contribution in [0, 0.1) is 6.92 Å². The van der Waals surface area contributed by atoms with Crippen LogP contribution in [-0.2, 0) is 10.0 Å². The van der Waals surface area contributed by atoms with Crippen LogP contribution in [0.5, 0.6) is 0 Å². The Morgan fingerprint density at radius 2 is 2.11 bits per heavy atom. The highest BCUT2D eigenvalue weighted by Crippen LogP contribution is 2.24. The number of nitrogens with zero attached hydrogens (tertiary/aromatic N) is 1. The molecule has 0 bridgehead atoms. The zero-order chi connectivity index (χ0) is 14.0. The SMILES string of the molecule is Cc1ccc(NS(=O)(=O)C2CCNC2)cc1N(C)C. The Bertz CT molecular complexity index is 549. The maximum atomic E-state index is 12.2. The highest BCUT2D eigenvalue weighted by atomic mass is 32.2. The summed E-state index contributed by atoms with van der Waals surface area (Å²) < 4.78 is 27.1. The number of aryl methyl sites for hydroxylation is 1. The topological polar surface area (TPSA) is 61.4 Å². The molecule has 0 aliphatic carbocycles. The van der Waals surface area contributed by atoms with Crippen molar-refractivity contribution in [3.05, 3.63) is 23.8 Å². The molecule has 0 saturated carbocycles. The van der Waals surface area contributed by atoms with Crippen LogP contribution >= 0.6 is 0 Å². The quantitative estimate of drug-likeness (QED) is 0.870. The molecule has 1 unspecified atom stereocenters. The second-order valence-corrected chi connectivity index (χ2v) is 7.12. The van der Waals surface area contributed by atoms with Gasteiger partial charge in [0.1, 0.15) is 0 Å². The molecule has 0 spiro atoms. The largest absolute Gasteiger partial charge is 0.377 e. The van der Waals surface area contributed by atoms with Gasteiger partial charge in [-0.05, 0) is 37.6 Å². The molecule has 1 fully saturated rings. The summed E-state index contributed by atoms with van der Waals surface area (Å²) in [4.78, 5) is 1.98. The molecule has 19 heavy (non-hydrogen) atoms. The number of hydrogen-bond donors (Lipinski definition) is 2. The van der Waals surface area contributed by atoms with E-state index in [0.29, 0.717) is 18.7 Å². The van der Waals surface area contributed by atoms with Crippen LogP contribution in [-0.4, -0.2) is 40.9 Å². The minimum Gasteiger partial charge on any atom is -0.377 e. The minimum atomic E-state index is -3.30. The van der Waals surface area contributed by atoms with E-state index < -0.39 is 10.0 Å². The van der Waals surface area contributed by atoms with Crippen LogP contribution in [0.4, 0.5) is 11.4 Å². The van der Waals surface area contributed by atoms with Crippen LogP contribution in [0.3, 0.4) is 0 Å². The molecule has 1 aliphatic rings. The third-order valence-electron chi connectivity index (χ3n) is 3.40. The highest BCUT2D eigenvalue weighted by molar-refractivity contribution is 7.93. The molecular weight excluding hydrogens is 262 g/mol. The number of rotatable bonds is 4. The maximum absolute atomic E-state index is 12.2. The summed E-state index contributed by atoms with van der Waals surface area (Å²) in [6.07, 6.45) is 0.668. The second-order valence-electron chi connectivity index (χ2n) is 5.16. The standard InChI is InChI=1S/C13H21N3O2S/c1-10-4-5-11(8-13(10)16(2)3)15-19(17,18)12-6-7-14-9-12/h4-5,8,12,14-15H,6-7,9H2,1-3H3. The van der Waals surface area contributed by atoms with Crippen molar-refractivity contribution in [3.63, 3.8) is 0 Å². The summed E-state index contributed by atoms with van der Waals surface area (Å²) in [7, 11) is 0.592. The lowest BCUT2D eigenvalue weighted by Crippen LogP contribution is -2.29. The molecule has 2 rings (SSSR count). The average Bonchev–Trinajstić information content (AvgIpc) is 2.85. The van der Waals surface area contributed by atoms with Gasteiger partial charge >= 0.3 is 0 Å². The first kappa shape index (κ1) is 14.1. The number of sulfonamides is 1. The summed E-state index contributed by atoms with van der Waals surface area (Å²) in [6.45, 7) is 3.30. The fraction of sp³-hybridized carbons (Fsp3) is 0.538. The van der Waals surface area contributed by atoms with Crippen LogP contribution in [0.25, 0.3) is 0 Å². The van der Waals surface area contributed by atoms with Gasteiger partial charge in [0, 0.05) is 26.3 Å². The Balaban J connectivity index is 2.21. The molecule has 5 nitrogen and oxygen atoms in total. The van der Waals surface area contributed by atoms with E-state index in [9.17, 15) is 8.42 Å². The molecule has 0 amide bonds. The Kier molecular flexibility index (Phi) is 4.01. The van der Waals surface area contributed by atoms with Gasteiger partial charge in [0.05, 0.1) is 10.9 Å². The number of anilines is 2. The van der Waals surface area contributed by atoms with Crippen molar-refractivity contribution in [3.8, 4) is 0 Å². The van der Waals surface area contributed by atoms with Gasteiger partial charge in [0.25, 0.3) is 0 Å². The third-order valence-corrected chi connectivity index (χ3v) is 5.21. The van der Waals surface area contributed by atoms with Crippen molar-refractivity contribution in [2.24, 2.45) is 0 Å². The number of benzene rings is 1. The van der Waals surface area contributed by atoms with Crippen molar-refractivity contribution in [1.82, 2.24) is 5.32 Å². The molecule has 1 heterocycles. The van der Waals surface area contributed by atoms with E-state index >= 15 is 0 Å². The lowest BCUT2D eigenvalue weighted by molar-refractivity contribution is 0.588. The lowest BCUT2D eigenvalue weighted by Gasteiger charge is -2.18. The molecule has 2 N–H and O–H groups in total. The smallest absolute Gasteiger partial charge is 0.236 e. The van der Waals surface area contributed by atoms with Crippen molar-refractivity contribution in [1.29, 1.82) is 0 Å². The summed E-state index contributed by atoms with van der Waals surface area (Å²) in [5.74, 6) is 0. The summed E-state index contributed by atoms with van der Waals surface area (Å²) in [5, 5.41) is 2.74. The molecule has 6 heteroatoms. The molecule has 1 saturated heterocycles. The summed E-state index contributed by atoms with van der Waals surface area (Å²) >= 11 is 0. The van der Waals surface area contributed by atoms with Gasteiger partial charge in [0.2, 0.25) is 10.0 Å². The van der Waals surface area contributed by atoms with Gasteiger partial charge in [0.15, 0.2) is 0 Å².